The van der Waals surface area contributed by atoms with E-state index >= 15 is 0 Å². The SMILES string of the molecule is CN=C(NCc1ccc(S(C)(=O)=O)c(C)c1)NCC(C)Sc1ccccc1.I. The van der Waals surface area contributed by atoms with E-state index in [-0.39, 0.29) is 24.0 Å². The predicted molar refractivity (Wildman–Crippen MR) is 130 cm³/mol. The second-order valence-corrected chi connectivity index (χ2v) is 9.92. The second kappa shape index (κ2) is 11.7. The summed E-state index contributed by atoms with van der Waals surface area (Å²) in [5.41, 5.74) is 1.77. The topological polar surface area (TPSA) is 70.6 Å². The Morgan fingerprint density at radius 2 is 1.82 bits per heavy atom. The van der Waals surface area contributed by atoms with Crippen molar-refractivity contribution in [1.82, 2.24) is 10.6 Å². The first kappa shape index (κ1) is 24.8. The van der Waals surface area contributed by atoms with Gasteiger partial charge >= 0.3 is 0 Å². The van der Waals surface area contributed by atoms with Gasteiger partial charge in [-0.3, -0.25) is 4.99 Å². The predicted octanol–water partition coefficient (Wildman–Crippen LogP) is 3.86. The van der Waals surface area contributed by atoms with Crippen LogP contribution in [-0.2, 0) is 16.4 Å². The van der Waals surface area contributed by atoms with Crippen LogP contribution in [0.15, 0.2) is 63.3 Å². The Balaban J connectivity index is 0.00000392. The van der Waals surface area contributed by atoms with Gasteiger partial charge < -0.3 is 10.6 Å². The minimum atomic E-state index is -3.19. The normalized spacial score (nSPS) is 12.8. The number of sulfone groups is 1. The highest BCUT2D eigenvalue weighted by Crippen LogP contribution is 2.22. The first-order valence-corrected chi connectivity index (χ1v) is 11.5. The Hall–Kier alpha value is -1.26. The lowest BCUT2D eigenvalue weighted by molar-refractivity contribution is 0.601. The summed E-state index contributed by atoms with van der Waals surface area (Å²) < 4.78 is 23.4. The molecule has 154 valence electrons. The monoisotopic (exact) mass is 533 g/mol. The van der Waals surface area contributed by atoms with Crippen LogP contribution in [0.25, 0.3) is 0 Å². The molecule has 1 unspecified atom stereocenters. The summed E-state index contributed by atoms with van der Waals surface area (Å²) in [6.45, 7) is 5.34. The zero-order chi connectivity index (χ0) is 19.9. The molecule has 0 amide bonds. The number of nitrogens with one attached hydrogen (secondary N) is 2. The average molecular weight is 534 g/mol. The third kappa shape index (κ3) is 8.00. The van der Waals surface area contributed by atoms with Crippen molar-refractivity contribution in [2.75, 3.05) is 19.8 Å². The Bertz CT molecular complexity index is 888. The first-order valence-electron chi connectivity index (χ1n) is 8.75. The molecule has 0 aliphatic carbocycles. The number of guanidine groups is 1. The van der Waals surface area contributed by atoms with Crippen LogP contribution in [0, 0.1) is 6.92 Å². The molecule has 0 radical (unpaired) electrons. The van der Waals surface area contributed by atoms with Crippen molar-refractivity contribution in [3.63, 3.8) is 0 Å². The molecule has 2 aromatic carbocycles. The molecule has 2 aromatic rings. The van der Waals surface area contributed by atoms with Gasteiger partial charge in [0.1, 0.15) is 0 Å². The largest absolute Gasteiger partial charge is 0.355 e. The summed E-state index contributed by atoms with van der Waals surface area (Å²) in [5.74, 6) is 0.723. The van der Waals surface area contributed by atoms with Crippen molar-refractivity contribution in [1.29, 1.82) is 0 Å². The summed E-state index contributed by atoms with van der Waals surface area (Å²) in [5, 5.41) is 6.99. The average Bonchev–Trinajstić information content (AvgIpc) is 2.61. The number of halogens is 1. The van der Waals surface area contributed by atoms with Gasteiger partial charge in [-0.1, -0.05) is 37.3 Å². The van der Waals surface area contributed by atoms with E-state index in [1.807, 2.05) is 49.0 Å². The third-order valence-corrected chi connectivity index (χ3v) is 6.33. The standard InChI is InChI=1S/C20H27N3O2S2.HI/c1-15-12-17(10-11-19(15)27(4,24)25)14-23-20(21-3)22-13-16(2)26-18-8-6-5-7-9-18;/h5-12,16H,13-14H2,1-4H3,(H2,21,22,23);1H. The van der Waals surface area contributed by atoms with E-state index in [9.17, 15) is 8.42 Å². The van der Waals surface area contributed by atoms with E-state index < -0.39 is 9.84 Å². The van der Waals surface area contributed by atoms with Crippen LogP contribution in [-0.4, -0.2) is 39.5 Å². The quantitative estimate of drug-likeness (QED) is 0.245. The Morgan fingerprint density at radius 3 is 2.39 bits per heavy atom. The van der Waals surface area contributed by atoms with Gasteiger partial charge in [-0.25, -0.2) is 8.42 Å². The lowest BCUT2D eigenvalue weighted by Crippen LogP contribution is -2.39. The van der Waals surface area contributed by atoms with Crippen LogP contribution in [0.3, 0.4) is 0 Å². The van der Waals surface area contributed by atoms with Gasteiger partial charge in [0.2, 0.25) is 0 Å². The van der Waals surface area contributed by atoms with Gasteiger partial charge in [0.15, 0.2) is 15.8 Å². The molecule has 0 spiro atoms. The molecular formula is C20H28IN3O2S2. The van der Waals surface area contributed by atoms with Crippen LogP contribution in [0.1, 0.15) is 18.1 Å². The molecule has 0 aliphatic rings. The van der Waals surface area contributed by atoms with E-state index in [0.29, 0.717) is 16.7 Å². The molecule has 1 atom stereocenters. The van der Waals surface area contributed by atoms with Crippen molar-refractivity contribution in [3.8, 4) is 0 Å². The molecule has 5 nitrogen and oxygen atoms in total. The second-order valence-electron chi connectivity index (χ2n) is 6.42. The fourth-order valence-electron chi connectivity index (χ4n) is 2.66. The van der Waals surface area contributed by atoms with E-state index in [1.165, 1.54) is 11.2 Å². The summed E-state index contributed by atoms with van der Waals surface area (Å²) in [6, 6.07) is 15.7. The van der Waals surface area contributed by atoms with Crippen molar-refractivity contribution < 1.29 is 8.42 Å². The van der Waals surface area contributed by atoms with Crippen molar-refractivity contribution in [3.05, 3.63) is 59.7 Å². The molecule has 0 saturated heterocycles. The van der Waals surface area contributed by atoms with E-state index in [1.54, 1.807) is 13.1 Å². The maximum absolute atomic E-state index is 11.7. The maximum Gasteiger partial charge on any atom is 0.191 e. The fraction of sp³-hybridized carbons (Fsp3) is 0.350. The molecule has 0 aromatic heterocycles. The van der Waals surface area contributed by atoms with Gasteiger partial charge in [-0.2, -0.15) is 0 Å². The highest BCUT2D eigenvalue weighted by Gasteiger charge is 2.11. The maximum atomic E-state index is 11.7. The van der Waals surface area contributed by atoms with Crippen LogP contribution in [0.2, 0.25) is 0 Å². The van der Waals surface area contributed by atoms with Gasteiger partial charge in [0.05, 0.1) is 4.90 Å². The van der Waals surface area contributed by atoms with Crippen LogP contribution in [0.5, 0.6) is 0 Å². The van der Waals surface area contributed by atoms with Crippen molar-refractivity contribution >= 4 is 51.5 Å². The number of rotatable bonds is 7. The van der Waals surface area contributed by atoms with Gasteiger partial charge in [-0.05, 0) is 36.2 Å². The third-order valence-electron chi connectivity index (χ3n) is 3.96. The molecule has 0 heterocycles. The highest BCUT2D eigenvalue weighted by molar-refractivity contribution is 14.0. The van der Waals surface area contributed by atoms with Crippen LogP contribution in [0.4, 0.5) is 0 Å². The Kier molecular flexibility index (Phi) is 10.3. The first-order chi connectivity index (χ1) is 12.8. The van der Waals surface area contributed by atoms with Crippen LogP contribution < -0.4 is 10.6 Å². The summed E-state index contributed by atoms with van der Waals surface area (Å²) in [7, 11) is -1.45. The number of aliphatic imine (C=N–C) groups is 1. The fourth-order valence-corrected chi connectivity index (χ4v) is 4.56. The van der Waals surface area contributed by atoms with Gasteiger partial charge in [-0.15, -0.1) is 35.7 Å². The molecule has 0 aliphatic heterocycles. The number of nitrogens with zero attached hydrogens (tertiary/aromatic N) is 1. The minimum absolute atomic E-state index is 0. The van der Waals surface area contributed by atoms with E-state index in [2.05, 4.69) is 34.7 Å². The van der Waals surface area contributed by atoms with Crippen LogP contribution >= 0.6 is 35.7 Å². The smallest absolute Gasteiger partial charge is 0.191 e. The number of hydrogen-bond acceptors (Lipinski definition) is 4. The number of hydrogen-bond donors (Lipinski definition) is 2. The lowest BCUT2D eigenvalue weighted by atomic mass is 10.1. The highest BCUT2D eigenvalue weighted by atomic mass is 127. The van der Waals surface area contributed by atoms with Crippen molar-refractivity contribution in [2.45, 2.75) is 35.4 Å². The molecular weight excluding hydrogens is 505 g/mol. The molecule has 0 bridgehead atoms. The number of aryl methyl sites for hydroxylation is 1. The zero-order valence-corrected chi connectivity index (χ0v) is 20.6. The molecule has 2 N–H and O–H groups in total. The Morgan fingerprint density at radius 1 is 1.14 bits per heavy atom. The Labute approximate surface area is 189 Å². The summed E-state index contributed by atoms with van der Waals surface area (Å²) in [4.78, 5) is 5.87. The zero-order valence-electron chi connectivity index (χ0n) is 16.6. The minimum Gasteiger partial charge on any atom is -0.355 e. The number of benzene rings is 2. The molecule has 8 heteroatoms. The summed E-state index contributed by atoms with van der Waals surface area (Å²) >= 11 is 1.81. The molecule has 2 rings (SSSR count). The van der Waals surface area contributed by atoms with Crippen molar-refractivity contribution in [2.24, 2.45) is 4.99 Å². The lowest BCUT2D eigenvalue weighted by Gasteiger charge is -2.16. The molecule has 28 heavy (non-hydrogen) atoms. The molecule has 0 saturated carbocycles. The van der Waals surface area contributed by atoms with Gasteiger partial charge in [0.25, 0.3) is 0 Å². The molecule has 0 fully saturated rings. The van der Waals surface area contributed by atoms with E-state index in [4.69, 9.17) is 0 Å². The van der Waals surface area contributed by atoms with Gasteiger partial charge in [0, 0.05) is 36.5 Å². The number of thioether (sulfide) groups is 1. The van der Waals surface area contributed by atoms with E-state index in [0.717, 1.165) is 23.6 Å². The summed E-state index contributed by atoms with van der Waals surface area (Å²) in [6.07, 6.45) is 1.23.